The average Bonchev–Trinajstić information content (AvgIpc) is 2.55. The van der Waals surface area contributed by atoms with Crippen molar-refractivity contribution in [2.24, 2.45) is 0 Å². The molecular weight excluding hydrogens is 316 g/mol. The highest BCUT2D eigenvalue weighted by atomic mass is 28.4. The predicted molar refractivity (Wildman–Crippen MR) is 104 cm³/mol. The Morgan fingerprint density at radius 1 is 0.792 bits per heavy atom. The Hall–Kier alpha value is -0.683. The quantitative estimate of drug-likeness (QED) is 0.312. The molecular formula is C20H36O3Si. The van der Waals surface area contributed by atoms with Crippen LogP contribution in [0.1, 0.15) is 72.1 Å². The second-order valence-electron chi connectivity index (χ2n) is 6.21. The highest BCUT2D eigenvalue weighted by Gasteiger charge is 2.45. The summed E-state index contributed by atoms with van der Waals surface area (Å²) in [5.74, 6) is 0. The Bertz CT molecular complexity index is 375. The van der Waals surface area contributed by atoms with Crippen molar-refractivity contribution in [1.29, 1.82) is 0 Å². The molecule has 0 saturated carbocycles. The van der Waals surface area contributed by atoms with Gasteiger partial charge in [0.1, 0.15) is 0 Å². The Morgan fingerprint density at radius 2 is 1.33 bits per heavy atom. The largest absolute Gasteiger partial charge is 0.533 e. The Morgan fingerprint density at radius 3 is 1.83 bits per heavy atom. The molecule has 3 nitrogen and oxygen atoms in total. The van der Waals surface area contributed by atoms with E-state index in [-0.39, 0.29) is 0 Å². The molecule has 0 aromatic carbocycles. The van der Waals surface area contributed by atoms with Crippen LogP contribution in [-0.4, -0.2) is 28.6 Å². The van der Waals surface area contributed by atoms with Gasteiger partial charge in [-0.25, -0.2) is 0 Å². The van der Waals surface area contributed by atoms with Gasteiger partial charge in [0.2, 0.25) is 0 Å². The number of rotatable bonds is 13. The van der Waals surface area contributed by atoms with Crippen molar-refractivity contribution in [2.75, 3.05) is 19.8 Å². The van der Waals surface area contributed by atoms with Crippen LogP contribution in [0.4, 0.5) is 0 Å². The van der Waals surface area contributed by atoms with Gasteiger partial charge in [-0.3, -0.25) is 0 Å². The molecule has 4 heteroatoms. The molecule has 0 spiro atoms. The Balaban J connectivity index is 2.95. The minimum Gasteiger partial charge on any atom is -0.370 e. The Labute approximate surface area is 150 Å². The number of unbranched alkanes of at least 4 members (excludes halogenated alkanes) is 3. The second kappa shape index (κ2) is 13.6. The van der Waals surface area contributed by atoms with Gasteiger partial charge in [0, 0.05) is 25.0 Å². The monoisotopic (exact) mass is 352 g/mol. The van der Waals surface area contributed by atoms with Crippen LogP contribution in [-0.2, 0) is 13.3 Å². The third kappa shape index (κ3) is 7.93. The Kier molecular flexibility index (Phi) is 12.1. The summed E-state index contributed by atoms with van der Waals surface area (Å²) in [7, 11) is -2.79. The molecule has 0 atom stereocenters. The summed E-state index contributed by atoms with van der Waals surface area (Å²) >= 11 is 0. The van der Waals surface area contributed by atoms with Gasteiger partial charge >= 0.3 is 8.80 Å². The standard InChI is InChI=1S/C20H36O3Si/c1-4-7-17-21-24(22-18-8-5-2,23-19-9-6-3)20-15-13-11-10-12-14-16-20/h10-13,15H,4-9,14,16-19H2,1-3H3. The summed E-state index contributed by atoms with van der Waals surface area (Å²) in [6.45, 7) is 8.72. The van der Waals surface area contributed by atoms with Gasteiger partial charge in [-0.05, 0) is 32.1 Å². The molecule has 0 saturated heterocycles. The van der Waals surface area contributed by atoms with Crippen molar-refractivity contribution >= 4 is 8.80 Å². The lowest BCUT2D eigenvalue weighted by Crippen LogP contribution is -2.49. The van der Waals surface area contributed by atoms with Crippen LogP contribution in [0.15, 0.2) is 35.6 Å². The molecule has 0 radical (unpaired) electrons. The van der Waals surface area contributed by atoms with Crippen molar-refractivity contribution < 1.29 is 13.3 Å². The van der Waals surface area contributed by atoms with Crippen molar-refractivity contribution in [3.05, 3.63) is 35.6 Å². The SMILES string of the molecule is CCCCO[Si](OCCCC)(OCCCC)C1=CC=CC=CCC1. The molecule has 0 amide bonds. The fourth-order valence-corrected chi connectivity index (χ4v) is 5.24. The zero-order valence-corrected chi connectivity index (χ0v) is 16.9. The maximum absolute atomic E-state index is 6.37. The van der Waals surface area contributed by atoms with Gasteiger partial charge in [-0.1, -0.05) is 70.4 Å². The first-order valence-electron chi connectivity index (χ1n) is 9.73. The normalized spacial score (nSPS) is 15.2. The number of hydrogen-bond donors (Lipinski definition) is 0. The molecule has 1 aliphatic carbocycles. The first-order chi connectivity index (χ1) is 11.8. The molecule has 0 heterocycles. The van der Waals surface area contributed by atoms with E-state index in [1.807, 2.05) is 0 Å². The van der Waals surface area contributed by atoms with Crippen LogP contribution in [0, 0.1) is 0 Å². The van der Waals surface area contributed by atoms with Gasteiger partial charge < -0.3 is 13.3 Å². The number of allylic oxidation sites excluding steroid dienone is 6. The van der Waals surface area contributed by atoms with Crippen molar-refractivity contribution in [3.63, 3.8) is 0 Å². The lowest BCUT2D eigenvalue weighted by atomic mass is 10.2. The molecule has 138 valence electrons. The van der Waals surface area contributed by atoms with E-state index in [2.05, 4.69) is 51.2 Å². The van der Waals surface area contributed by atoms with E-state index in [0.29, 0.717) is 0 Å². The summed E-state index contributed by atoms with van der Waals surface area (Å²) in [6.07, 6.45) is 19.1. The van der Waals surface area contributed by atoms with Crippen molar-refractivity contribution in [1.82, 2.24) is 0 Å². The van der Waals surface area contributed by atoms with Gasteiger partial charge in [-0.15, -0.1) is 0 Å². The molecule has 0 unspecified atom stereocenters. The van der Waals surface area contributed by atoms with Crippen LogP contribution < -0.4 is 0 Å². The number of hydrogen-bond acceptors (Lipinski definition) is 3. The molecule has 0 bridgehead atoms. The van der Waals surface area contributed by atoms with E-state index in [1.54, 1.807) is 0 Å². The van der Waals surface area contributed by atoms with Crippen molar-refractivity contribution in [2.45, 2.75) is 72.1 Å². The van der Waals surface area contributed by atoms with E-state index < -0.39 is 8.80 Å². The highest BCUT2D eigenvalue weighted by Crippen LogP contribution is 2.27. The van der Waals surface area contributed by atoms with E-state index in [9.17, 15) is 0 Å². The van der Waals surface area contributed by atoms with Crippen LogP contribution >= 0.6 is 0 Å². The lowest BCUT2D eigenvalue weighted by Gasteiger charge is -2.32. The van der Waals surface area contributed by atoms with Crippen LogP contribution in [0.25, 0.3) is 0 Å². The third-order valence-electron chi connectivity index (χ3n) is 4.00. The van der Waals surface area contributed by atoms with E-state index in [1.165, 1.54) is 5.20 Å². The molecule has 24 heavy (non-hydrogen) atoms. The average molecular weight is 353 g/mol. The van der Waals surface area contributed by atoms with Crippen LogP contribution in [0.5, 0.6) is 0 Å². The molecule has 0 aromatic rings. The smallest absolute Gasteiger partial charge is 0.370 e. The second-order valence-corrected chi connectivity index (χ2v) is 8.83. The predicted octanol–water partition coefficient (Wildman–Crippen LogP) is 5.75. The maximum atomic E-state index is 6.37. The fraction of sp³-hybridized carbons (Fsp3) is 0.700. The molecule has 1 aliphatic rings. The topological polar surface area (TPSA) is 27.7 Å². The van der Waals surface area contributed by atoms with E-state index >= 15 is 0 Å². The van der Waals surface area contributed by atoms with Crippen molar-refractivity contribution in [3.8, 4) is 0 Å². The molecule has 1 rings (SSSR count). The summed E-state index contributed by atoms with van der Waals surface area (Å²) in [5.41, 5.74) is 0. The minimum atomic E-state index is -2.79. The van der Waals surface area contributed by atoms with Gasteiger partial charge in [0.05, 0.1) is 0 Å². The zero-order chi connectivity index (χ0) is 17.5. The molecule has 0 aromatic heterocycles. The highest BCUT2D eigenvalue weighted by molar-refractivity contribution is 6.68. The molecule has 0 aliphatic heterocycles. The fourth-order valence-electron chi connectivity index (χ4n) is 2.44. The van der Waals surface area contributed by atoms with E-state index in [0.717, 1.165) is 71.2 Å². The summed E-state index contributed by atoms with van der Waals surface area (Å²) in [4.78, 5) is 0. The maximum Gasteiger partial charge on any atom is 0.533 e. The minimum absolute atomic E-state index is 0.720. The first-order valence-corrected chi connectivity index (χ1v) is 11.5. The zero-order valence-electron chi connectivity index (χ0n) is 15.9. The summed E-state index contributed by atoms with van der Waals surface area (Å²) in [6, 6.07) is 0. The van der Waals surface area contributed by atoms with E-state index in [4.69, 9.17) is 13.3 Å². The summed E-state index contributed by atoms with van der Waals surface area (Å²) < 4.78 is 19.1. The van der Waals surface area contributed by atoms with Crippen LogP contribution in [0.2, 0.25) is 0 Å². The molecule has 0 fully saturated rings. The van der Waals surface area contributed by atoms with Gasteiger partial charge in [-0.2, -0.15) is 0 Å². The van der Waals surface area contributed by atoms with Crippen LogP contribution in [0.3, 0.4) is 0 Å². The third-order valence-corrected chi connectivity index (χ3v) is 6.95. The molecule has 0 N–H and O–H groups in total. The summed E-state index contributed by atoms with van der Waals surface area (Å²) in [5, 5.41) is 1.23. The van der Waals surface area contributed by atoms with Gasteiger partial charge in [0.15, 0.2) is 0 Å². The lowest BCUT2D eigenvalue weighted by molar-refractivity contribution is 0.0643. The van der Waals surface area contributed by atoms with Gasteiger partial charge in [0.25, 0.3) is 0 Å². The first kappa shape index (κ1) is 21.4.